The van der Waals surface area contributed by atoms with Crippen LogP contribution in [0.25, 0.3) is 0 Å². The Morgan fingerprint density at radius 1 is 1.20 bits per heavy atom. The highest BCUT2D eigenvalue weighted by Gasteiger charge is 2.13. The summed E-state index contributed by atoms with van der Waals surface area (Å²) in [6.07, 6.45) is 0. The number of hydrogen-bond donors (Lipinski definition) is 1. The first-order valence-corrected chi connectivity index (χ1v) is 6.36. The van der Waals surface area contributed by atoms with Gasteiger partial charge in [0.05, 0.1) is 18.1 Å². The van der Waals surface area contributed by atoms with Crippen molar-refractivity contribution in [2.75, 3.05) is 0 Å². The van der Waals surface area contributed by atoms with Gasteiger partial charge >= 0.3 is 0 Å². The third-order valence-electron chi connectivity index (χ3n) is 2.69. The van der Waals surface area contributed by atoms with Gasteiger partial charge in [-0.25, -0.2) is 0 Å². The fourth-order valence-electron chi connectivity index (χ4n) is 1.69. The van der Waals surface area contributed by atoms with E-state index in [1.54, 1.807) is 12.1 Å². The van der Waals surface area contributed by atoms with E-state index in [-0.39, 0.29) is 12.2 Å². The highest BCUT2D eigenvalue weighted by molar-refractivity contribution is 6.30. The quantitative estimate of drug-likeness (QED) is 0.503. The maximum Gasteiger partial charge on any atom is 0.275 e. The van der Waals surface area contributed by atoms with E-state index >= 15 is 0 Å². The van der Waals surface area contributed by atoms with Crippen molar-refractivity contribution in [1.82, 2.24) is 5.48 Å². The molecule has 20 heavy (non-hydrogen) atoms. The second-order valence-electron chi connectivity index (χ2n) is 4.13. The lowest BCUT2D eigenvalue weighted by atomic mass is 10.2. The summed E-state index contributed by atoms with van der Waals surface area (Å²) >= 11 is 5.75. The number of hydroxylamine groups is 1. The largest absolute Gasteiger partial charge is 0.297 e. The van der Waals surface area contributed by atoms with Crippen LogP contribution in [-0.2, 0) is 18.0 Å². The summed E-state index contributed by atoms with van der Waals surface area (Å²) < 4.78 is 0. The first-order chi connectivity index (χ1) is 9.66. The molecule has 0 saturated heterocycles. The van der Waals surface area contributed by atoms with Crippen molar-refractivity contribution < 1.29 is 9.76 Å². The molecule has 104 valence electrons. The number of hydrogen-bond acceptors (Lipinski definition) is 4. The van der Waals surface area contributed by atoms with Crippen molar-refractivity contribution in [2.45, 2.75) is 13.2 Å². The number of halogens is 1. The standard InChI is InChI=1S/C14H13ClN2O3/c15-13-7-6-12(14(8-13)17(18)19)9-16-20-10-11-4-2-1-3-5-11/h1-8,16H,9-10H2. The van der Waals surface area contributed by atoms with Gasteiger partial charge in [-0.05, 0) is 17.7 Å². The molecular weight excluding hydrogens is 280 g/mol. The van der Waals surface area contributed by atoms with Crippen LogP contribution in [0.15, 0.2) is 48.5 Å². The maximum absolute atomic E-state index is 10.9. The zero-order valence-corrected chi connectivity index (χ0v) is 11.3. The van der Waals surface area contributed by atoms with Crippen LogP contribution >= 0.6 is 11.6 Å². The molecule has 6 heteroatoms. The topological polar surface area (TPSA) is 64.4 Å². The molecule has 0 aliphatic carbocycles. The summed E-state index contributed by atoms with van der Waals surface area (Å²) in [5.74, 6) is 0. The van der Waals surface area contributed by atoms with Crippen molar-refractivity contribution in [2.24, 2.45) is 0 Å². The molecule has 0 aromatic heterocycles. The number of nitro benzene ring substituents is 1. The van der Waals surface area contributed by atoms with Gasteiger partial charge in [-0.2, -0.15) is 5.48 Å². The second kappa shape index (κ2) is 7.00. The van der Waals surface area contributed by atoms with Crippen LogP contribution in [0.3, 0.4) is 0 Å². The van der Waals surface area contributed by atoms with E-state index in [2.05, 4.69) is 5.48 Å². The zero-order chi connectivity index (χ0) is 14.4. The zero-order valence-electron chi connectivity index (χ0n) is 10.6. The smallest absolute Gasteiger partial charge is 0.275 e. The van der Waals surface area contributed by atoms with Crippen LogP contribution in [0, 0.1) is 10.1 Å². The fraction of sp³-hybridized carbons (Fsp3) is 0.143. The normalized spacial score (nSPS) is 10.4. The minimum absolute atomic E-state index is 0.0201. The predicted octanol–water partition coefficient (Wildman–Crippen LogP) is 3.47. The molecule has 1 N–H and O–H groups in total. The Balaban J connectivity index is 1.90. The fourth-order valence-corrected chi connectivity index (χ4v) is 1.86. The second-order valence-corrected chi connectivity index (χ2v) is 4.56. The molecule has 0 spiro atoms. The molecule has 0 saturated carbocycles. The van der Waals surface area contributed by atoms with E-state index in [0.717, 1.165) is 5.56 Å². The lowest BCUT2D eigenvalue weighted by Gasteiger charge is -2.07. The molecule has 0 aliphatic rings. The minimum atomic E-state index is -0.458. The minimum Gasteiger partial charge on any atom is -0.297 e. The van der Waals surface area contributed by atoms with E-state index < -0.39 is 4.92 Å². The number of benzene rings is 2. The SMILES string of the molecule is O=[N+]([O-])c1cc(Cl)ccc1CNOCc1ccccc1. The Kier molecular flexibility index (Phi) is 5.06. The predicted molar refractivity (Wildman–Crippen MR) is 76.2 cm³/mol. The first-order valence-electron chi connectivity index (χ1n) is 5.98. The van der Waals surface area contributed by atoms with Crippen LogP contribution in [0.4, 0.5) is 5.69 Å². The molecule has 0 amide bonds. The molecule has 5 nitrogen and oxygen atoms in total. The van der Waals surface area contributed by atoms with Crippen LogP contribution in [0.5, 0.6) is 0 Å². The van der Waals surface area contributed by atoms with Crippen molar-refractivity contribution >= 4 is 17.3 Å². The summed E-state index contributed by atoms with van der Waals surface area (Å²) in [5.41, 5.74) is 4.24. The summed E-state index contributed by atoms with van der Waals surface area (Å²) in [6, 6.07) is 14.2. The molecule has 0 radical (unpaired) electrons. The molecule has 2 aromatic rings. The molecule has 0 fully saturated rings. The molecule has 0 unspecified atom stereocenters. The van der Waals surface area contributed by atoms with Gasteiger partial charge in [0.1, 0.15) is 0 Å². The summed E-state index contributed by atoms with van der Waals surface area (Å²) in [5, 5.41) is 11.2. The summed E-state index contributed by atoms with van der Waals surface area (Å²) in [7, 11) is 0. The highest BCUT2D eigenvalue weighted by Crippen LogP contribution is 2.22. The number of nitro groups is 1. The van der Waals surface area contributed by atoms with E-state index in [1.165, 1.54) is 6.07 Å². The van der Waals surface area contributed by atoms with Gasteiger partial charge in [0.25, 0.3) is 5.69 Å². The van der Waals surface area contributed by atoms with Crippen molar-refractivity contribution in [3.8, 4) is 0 Å². The van der Waals surface area contributed by atoms with Crippen molar-refractivity contribution in [3.05, 3.63) is 74.8 Å². The van der Waals surface area contributed by atoms with E-state index in [9.17, 15) is 10.1 Å². The molecule has 0 aliphatic heterocycles. The van der Waals surface area contributed by atoms with Gasteiger partial charge in [0, 0.05) is 16.7 Å². The van der Waals surface area contributed by atoms with Gasteiger partial charge < -0.3 is 0 Å². The van der Waals surface area contributed by atoms with E-state index in [1.807, 2.05) is 30.3 Å². The molecular formula is C14H13ClN2O3. The Labute approximate surface area is 121 Å². The lowest BCUT2D eigenvalue weighted by Crippen LogP contribution is -2.14. The number of nitrogens with zero attached hydrogens (tertiary/aromatic N) is 1. The average molecular weight is 293 g/mol. The maximum atomic E-state index is 10.9. The third-order valence-corrected chi connectivity index (χ3v) is 2.93. The van der Waals surface area contributed by atoms with Gasteiger partial charge in [0.2, 0.25) is 0 Å². The van der Waals surface area contributed by atoms with Gasteiger partial charge in [-0.15, -0.1) is 0 Å². The molecule has 0 atom stereocenters. The van der Waals surface area contributed by atoms with Crippen molar-refractivity contribution in [3.63, 3.8) is 0 Å². The Hall–Kier alpha value is -1.95. The number of rotatable bonds is 6. The van der Waals surface area contributed by atoms with Crippen LogP contribution < -0.4 is 5.48 Å². The van der Waals surface area contributed by atoms with E-state index in [0.29, 0.717) is 17.2 Å². The third kappa shape index (κ3) is 4.03. The lowest BCUT2D eigenvalue weighted by molar-refractivity contribution is -0.385. The summed E-state index contributed by atoms with van der Waals surface area (Å²) in [6.45, 7) is 0.628. The number of nitrogens with one attached hydrogen (secondary N) is 1. The van der Waals surface area contributed by atoms with Gasteiger partial charge in [-0.3, -0.25) is 15.0 Å². The Morgan fingerprint density at radius 2 is 1.95 bits per heavy atom. The van der Waals surface area contributed by atoms with Gasteiger partial charge in [0.15, 0.2) is 0 Å². The van der Waals surface area contributed by atoms with Crippen LogP contribution in [0.1, 0.15) is 11.1 Å². The Bertz CT molecular complexity index is 590. The summed E-state index contributed by atoms with van der Waals surface area (Å²) in [4.78, 5) is 15.7. The van der Waals surface area contributed by atoms with Crippen molar-refractivity contribution in [1.29, 1.82) is 0 Å². The van der Waals surface area contributed by atoms with Gasteiger partial charge in [-0.1, -0.05) is 41.9 Å². The average Bonchev–Trinajstić information content (AvgIpc) is 2.45. The highest BCUT2D eigenvalue weighted by atomic mass is 35.5. The molecule has 0 heterocycles. The molecule has 0 bridgehead atoms. The monoisotopic (exact) mass is 292 g/mol. The molecule has 2 aromatic carbocycles. The first kappa shape index (κ1) is 14.5. The van der Waals surface area contributed by atoms with Crippen LogP contribution in [-0.4, -0.2) is 4.92 Å². The Morgan fingerprint density at radius 3 is 2.65 bits per heavy atom. The molecule has 2 rings (SSSR count). The van der Waals surface area contributed by atoms with E-state index in [4.69, 9.17) is 16.4 Å². The van der Waals surface area contributed by atoms with Crippen LogP contribution in [0.2, 0.25) is 5.02 Å².